The highest BCUT2D eigenvalue weighted by atomic mass is 16.2. The highest BCUT2D eigenvalue weighted by molar-refractivity contribution is 5.73. The van der Waals surface area contributed by atoms with Crippen molar-refractivity contribution in [3.63, 3.8) is 0 Å². The van der Waals surface area contributed by atoms with Crippen molar-refractivity contribution in [2.24, 2.45) is 0 Å². The molecule has 0 aliphatic heterocycles. The molecule has 0 bridgehead atoms. The molecule has 16 heavy (non-hydrogen) atoms. The maximum atomic E-state index is 11.7. The Labute approximate surface area is 96.9 Å². The molecule has 2 amide bonds. The maximum absolute atomic E-state index is 11.7. The van der Waals surface area contributed by atoms with Gasteiger partial charge in [0.25, 0.3) is 0 Å². The van der Waals surface area contributed by atoms with Gasteiger partial charge < -0.3 is 9.80 Å². The summed E-state index contributed by atoms with van der Waals surface area (Å²) in [6.07, 6.45) is 2.57. The summed E-state index contributed by atoms with van der Waals surface area (Å²) in [6.45, 7) is 3.39. The molecule has 88 valence electrons. The molecule has 0 saturated carbocycles. The molecule has 0 aliphatic carbocycles. The highest BCUT2D eigenvalue weighted by Crippen LogP contribution is 1.99. The second-order valence-electron chi connectivity index (χ2n) is 3.79. The van der Waals surface area contributed by atoms with Gasteiger partial charge in [-0.1, -0.05) is 6.07 Å². The second kappa shape index (κ2) is 6.10. The number of hydrogen-bond acceptors (Lipinski definition) is 2. The Balaban J connectivity index is 2.41. The molecule has 0 N–H and O–H groups in total. The van der Waals surface area contributed by atoms with Crippen molar-refractivity contribution in [1.29, 1.82) is 0 Å². The number of pyridine rings is 1. The predicted molar refractivity (Wildman–Crippen MR) is 64.3 cm³/mol. The van der Waals surface area contributed by atoms with Gasteiger partial charge in [-0.3, -0.25) is 4.98 Å². The van der Waals surface area contributed by atoms with Gasteiger partial charge in [0.1, 0.15) is 0 Å². The number of aromatic nitrogens is 1. The van der Waals surface area contributed by atoms with E-state index in [1.165, 1.54) is 0 Å². The number of carbonyl (C=O) groups is 1. The van der Waals surface area contributed by atoms with Crippen LogP contribution < -0.4 is 0 Å². The molecule has 0 radical (unpaired) electrons. The van der Waals surface area contributed by atoms with E-state index >= 15 is 0 Å². The summed E-state index contributed by atoms with van der Waals surface area (Å²) >= 11 is 0. The molecule has 1 aromatic heterocycles. The van der Waals surface area contributed by atoms with E-state index in [0.29, 0.717) is 6.54 Å². The lowest BCUT2D eigenvalue weighted by molar-refractivity contribution is 0.176. The molecular weight excluding hydrogens is 202 g/mol. The van der Waals surface area contributed by atoms with Crippen LogP contribution in [0, 0.1) is 0 Å². The molecule has 4 heteroatoms. The van der Waals surface area contributed by atoms with Gasteiger partial charge in [0, 0.05) is 45.5 Å². The summed E-state index contributed by atoms with van der Waals surface area (Å²) in [7, 11) is 3.62. The van der Waals surface area contributed by atoms with Gasteiger partial charge >= 0.3 is 6.03 Å². The van der Waals surface area contributed by atoms with Crippen molar-refractivity contribution in [3.8, 4) is 0 Å². The largest absolute Gasteiger partial charge is 0.328 e. The Morgan fingerprint density at radius 1 is 1.31 bits per heavy atom. The van der Waals surface area contributed by atoms with Crippen molar-refractivity contribution in [2.45, 2.75) is 13.3 Å². The summed E-state index contributed by atoms with van der Waals surface area (Å²) in [5.74, 6) is 0. The van der Waals surface area contributed by atoms with E-state index in [-0.39, 0.29) is 6.03 Å². The Bertz CT molecular complexity index is 326. The summed E-state index contributed by atoms with van der Waals surface area (Å²) in [6, 6.07) is 5.88. The SMILES string of the molecule is CCN(C)C(=O)N(C)CCc1ccccn1. The monoisotopic (exact) mass is 221 g/mol. The molecule has 1 rings (SSSR count). The van der Waals surface area contributed by atoms with Crippen LogP contribution in [0.2, 0.25) is 0 Å². The molecule has 0 atom stereocenters. The lowest BCUT2D eigenvalue weighted by Crippen LogP contribution is -2.39. The first-order valence-electron chi connectivity index (χ1n) is 5.51. The number of nitrogens with zero attached hydrogens (tertiary/aromatic N) is 3. The minimum Gasteiger partial charge on any atom is -0.328 e. The van der Waals surface area contributed by atoms with Gasteiger partial charge in [0.15, 0.2) is 0 Å². The van der Waals surface area contributed by atoms with E-state index in [2.05, 4.69) is 4.98 Å². The van der Waals surface area contributed by atoms with E-state index in [9.17, 15) is 4.79 Å². The van der Waals surface area contributed by atoms with Crippen LogP contribution in [0.5, 0.6) is 0 Å². The second-order valence-corrected chi connectivity index (χ2v) is 3.79. The van der Waals surface area contributed by atoms with Crippen LogP contribution in [-0.4, -0.2) is 48.0 Å². The van der Waals surface area contributed by atoms with E-state index in [1.54, 1.807) is 23.0 Å². The molecule has 0 spiro atoms. The van der Waals surface area contributed by atoms with Crippen LogP contribution in [-0.2, 0) is 6.42 Å². The van der Waals surface area contributed by atoms with Gasteiger partial charge in [-0.2, -0.15) is 0 Å². The zero-order chi connectivity index (χ0) is 12.0. The molecule has 1 aromatic rings. The molecular formula is C12H19N3O. The summed E-state index contributed by atoms with van der Waals surface area (Å²) in [5.41, 5.74) is 1.02. The number of rotatable bonds is 4. The van der Waals surface area contributed by atoms with Crippen molar-refractivity contribution >= 4 is 6.03 Å². The van der Waals surface area contributed by atoms with Gasteiger partial charge in [0.2, 0.25) is 0 Å². The van der Waals surface area contributed by atoms with Crippen LogP contribution in [0.1, 0.15) is 12.6 Å². The topological polar surface area (TPSA) is 36.4 Å². The number of amides is 2. The van der Waals surface area contributed by atoms with Crippen LogP contribution in [0.25, 0.3) is 0 Å². The number of likely N-dealkylation sites (N-methyl/N-ethyl adjacent to an activating group) is 1. The predicted octanol–water partition coefficient (Wildman–Crippen LogP) is 1.63. The average Bonchev–Trinajstić information content (AvgIpc) is 2.35. The first-order chi connectivity index (χ1) is 7.65. The molecule has 0 fully saturated rings. The van der Waals surface area contributed by atoms with Crippen LogP contribution in [0.3, 0.4) is 0 Å². The van der Waals surface area contributed by atoms with E-state index < -0.39 is 0 Å². The summed E-state index contributed by atoms with van der Waals surface area (Å²) < 4.78 is 0. The van der Waals surface area contributed by atoms with Crippen molar-refractivity contribution in [1.82, 2.24) is 14.8 Å². The molecule has 0 aliphatic rings. The van der Waals surface area contributed by atoms with Crippen LogP contribution in [0.15, 0.2) is 24.4 Å². The normalized spacial score (nSPS) is 9.94. The minimum absolute atomic E-state index is 0.0541. The summed E-state index contributed by atoms with van der Waals surface area (Å²) in [4.78, 5) is 19.4. The average molecular weight is 221 g/mol. The van der Waals surface area contributed by atoms with Gasteiger partial charge in [0.05, 0.1) is 0 Å². The third-order valence-electron chi connectivity index (χ3n) is 2.56. The number of urea groups is 1. The van der Waals surface area contributed by atoms with Gasteiger partial charge in [-0.25, -0.2) is 4.79 Å². The zero-order valence-electron chi connectivity index (χ0n) is 10.2. The van der Waals surface area contributed by atoms with E-state index in [4.69, 9.17) is 0 Å². The number of hydrogen-bond donors (Lipinski definition) is 0. The fraction of sp³-hybridized carbons (Fsp3) is 0.500. The van der Waals surface area contributed by atoms with Crippen molar-refractivity contribution < 1.29 is 4.79 Å². The maximum Gasteiger partial charge on any atom is 0.319 e. The van der Waals surface area contributed by atoms with Crippen LogP contribution in [0.4, 0.5) is 4.79 Å². The molecule has 4 nitrogen and oxygen atoms in total. The Morgan fingerprint density at radius 2 is 2.06 bits per heavy atom. The third kappa shape index (κ3) is 3.53. The standard InChI is InChI=1S/C12H19N3O/c1-4-14(2)12(16)15(3)10-8-11-7-5-6-9-13-11/h5-7,9H,4,8,10H2,1-3H3. The first-order valence-corrected chi connectivity index (χ1v) is 5.51. The Kier molecular flexibility index (Phi) is 4.76. The highest BCUT2D eigenvalue weighted by Gasteiger charge is 2.11. The van der Waals surface area contributed by atoms with Gasteiger partial charge in [-0.15, -0.1) is 0 Å². The van der Waals surface area contributed by atoms with Gasteiger partial charge in [-0.05, 0) is 19.1 Å². The Hall–Kier alpha value is -1.58. The lowest BCUT2D eigenvalue weighted by Gasteiger charge is -2.23. The molecule has 0 unspecified atom stereocenters. The van der Waals surface area contributed by atoms with Crippen molar-refractivity contribution in [3.05, 3.63) is 30.1 Å². The lowest BCUT2D eigenvalue weighted by atomic mass is 10.2. The molecule has 0 aromatic carbocycles. The summed E-state index contributed by atoms with van der Waals surface area (Å²) in [5, 5.41) is 0. The number of carbonyl (C=O) groups excluding carboxylic acids is 1. The van der Waals surface area contributed by atoms with Crippen LogP contribution >= 0.6 is 0 Å². The molecule has 0 saturated heterocycles. The van der Waals surface area contributed by atoms with Crippen molar-refractivity contribution in [2.75, 3.05) is 27.2 Å². The van der Waals surface area contributed by atoms with E-state index in [0.717, 1.165) is 18.7 Å². The smallest absolute Gasteiger partial charge is 0.319 e. The minimum atomic E-state index is 0.0541. The quantitative estimate of drug-likeness (QED) is 0.774. The fourth-order valence-electron chi connectivity index (χ4n) is 1.35. The Morgan fingerprint density at radius 3 is 2.62 bits per heavy atom. The fourth-order valence-corrected chi connectivity index (χ4v) is 1.35. The molecule has 1 heterocycles. The zero-order valence-corrected chi connectivity index (χ0v) is 10.2. The third-order valence-corrected chi connectivity index (χ3v) is 2.56. The van der Waals surface area contributed by atoms with E-state index in [1.807, 2.05) is 32.2 Å². The first kappa shape index (κ1) is 12.5.